The van der Waals surface area contributed by atoms with Crippen LogP contribution in [0.25, 0.3) is 0 Å². The van der Waals surface area contributed by atoms with E-state index in [4.69, 9.17) is 9.47 Å². The van der Waals surface area contributed by atoms with E-state index in [-0.39, 0.29) is 28.6 Å². The number of ether oxygens (including phenoxy) is 2. The van der Waals surface area contributed by atoms with Crippen LogP contribution in [0.1, 0.15) is 32.1 Å². The summed E-state index contributed by atoms with van der Waals surface area (Å²) >= 11 is 0. The maximum Gasteiger partial charge on any atom is 0.163 e. The molecule has 0 amide bonds. The lowest BCUT2D eigenvalue weighted by Gasteiger charge is -2.27. The van der Waals surface area contributed by atoms with Crippen LogP contribution in [0, 0.1) is 5.92 Å². The molecule has 0 aromatic carbocycles. The fraction of sp³-hybridized carbons (Fsp3) is 0.917. The minimum atomic E-state index is -2.95. The van der Waals surface area contributed by atoms with Crippen molar-refractivity contribution in [2.45, 2.75) is 48.9 Å². The van der Waals surface area contributed by atoms with E-state index in [0.29, 0.717) is 12.8 Å². The van der Waals surface area contributed by atoms with E-state index in [0.717, 1.165) is 12.8 Å². The first-order valence-corrected chi connectivity index (χ1v) is 7.91. The summed E-state index contributed by atoms with van der Waals surface area (Å²) in [5.41, 5.74) is 0. The van der Waals surface area contributed by atoms with E-state index in [1.807, 2.05) is 0 Å². The first-order valence-electron chi connectivity index (χ1n) is 6.30. The van der Waals surface area contributed by atoms with Crippen molar-refractivity contribution >= 4 is 15.6 Å². The molecule has 2 fully saturated rings. The van der Waals surface area contributed by atoms with Crippen molar-refractivity contribution in [3.8, 4) is 0 Å². The molecule has 2 aliphatic heterocycles. The lowest BCUT2D eigenvalue weighted by atomic mass is 9.92. The summed E-state index contributed by atoms with van der Waals surface area (Å²) in [4.78, 5) is 12.1. The smallest absolute Gasteiger partial charge is 0.163 e. The number of carbonyl (C=O) groups excluding carboxylic acids is 1. The van der Waals surface area contributed by atoms with Gasteiger partial charge in [-0.3, -0.25) is 4.79 Å². The van der Waals surface area contributed by atoms with Gasteiger partial charge in [0, 0.05) is 20.1 Å². The molecule has 0 N–H and O–H groups in total. The van der Waals surface area contributed by atoms with Gasteiger partial charge in [-0.25, -0.2) is 8.42 Å². The highest BCUT2D eigenvalue weighted by molar-refractivity contribution is 7.93. The van der Waals surface area contributed by atoms with Crippen molar-refractivity contribution in [1.29, 1.82) is 0 Å². The highest BCUT2D eigenvalue weighted by Gasteiger charge is 2.48. The van der Waals surface area contributed by atoms with Crippen molar-refractivity contribution in [1.82, 2.24) is 0 Å². The van der Waals surface area contributed by atoms with E-state index < -0.39 is 16.1 Å². The monoisotopic (exact) mass is 276 g/mol. The predicted molar refractivity (Wildman–Crippen MR) is 65.9 cm³/mol. The summed E-state index contributed by atoms with van der Waals surface area (Å²) in [6, 6.07) is 0. The number of hydrogen-bond donors (Lipinski definition) is 0. The van der Waals surface area contributed by atoms with E-state index >= 15 is 0 Å². The van der Waals surface area contributed by atoms with Crippen molar-refractivity contribution < 1.29 is 22.7 Å². The molecule has 2 heterocycles. The number of fused-ring (bicyclic) bond motifs is 2. The van der Waals surface area contributed by atoms with E-state index in [1.54, 1.807) is 0 Å². The maximum absolute atomic E-state index is 12.1. The lowest BCUT2D eigenvalue weighted by Crippen LogP contribution is -2.37. The zero-order valence-corrected chi connectivity index (χ0v) is 11.6. The van der Waals surface area contributed by atoms with Crippen LogP contribution in [-0.2, 0) is 24.1 Å². The van der Waals surface area contributed by atoms with Crippen LogP contribution < -0.4 is 0 Å². The minimum Gasteiger partial charge on any atom is -0.355 e. The molecule has 0 saturated carbocycles. The van der Waals surface area contributed by atoms with E-state index in [9.17, 15) is 13.2 Å². The van der Waals surface area contributed by atoms with Crippen LogP contribution in [0.4, 0.5) is 0 Å². The lowest BCUT2D eigenvalue weighted by molar-refractivity contribution is -0.141. The third-order valence-corrected chi connectivity index (χ3v) is 6.90. The minimum absolute atomic E-state index is 0.0653. The van der Waals surface area contributed by atoms with Gasteiger partial charge in [0.25, 0.3) is 0 Å². The molecule has 0 aromatic rings. The van der Waals surface area contributed by atoms with Crippen molar-refractivity contribution in [3.63, 3.8) is 0 Å². The molecule has 6 heteroatoms. The van der Waals surface area contributed by atoms with Gasteiger partial charge in [0.2, 0.25) is 0 Å². The largest absolute Gasteiger partial charge is 0.355 e. The normalized spacial score (nSPS) is 33.8. The topological polar surface area (TPSA) is 69.7 Å². The quantitative estimate of drug-likeness (QED) is 0.698. The Bertz CT molecular complexity index is 392. The number of ketones is 1. The molecular formula is C12H20O5S. The van der Waals surface area contributed by atoms with Gasteiger partial charge in [-0.05, 0) is 25.7 Å². The first-order chi connectivity index (χ1) is 8.48. The molecule has 2 unspecified atom stereocenters. The Morgan fingerprint density at radius 2 is 1.67 bits per heavy atom. The number of methoxy groups -OCH3 is 2. The van der Waals surface area contributed by atoms with Crippen LogP contribution in [0.2, 0.25) is 0 Å². The summed E-state index contributed by atoms with van der Waals surface area (Å²) in [6.07, 6.45) is 2.09. The number of sulfone groups is 1. The molecule has 2 aliphatic rings. The SMILES string of the molecule is COC(CC(=O)C1CC2CCC(C1)S2(=O)=O)OC. The van der Waals surface area contributed by atoms with Crippen LogP contribution in [0.5, 0.6) is 0 Å². The Morgan fingerprint density at radius 1 is 1.17 bits per heavy atom. The number of carbonyl (C=O) groups is 1. The van der Waals surface area contributed by atoms with Crippen molar-refractivity contribution in [3.05, 3.63) is 0 Å². The van der Waals surface area contributed by atoms with E-state index in [2.05, 4.69) is 0 Å². The van der Waals surface area contributed by atoms with Crippen LogP contribution >= 0.6 is 0 Å². The van der Waals surface area contributed by atoms with Gasteiger partial charge in [0.05, 0.1) is 16.9 Å². The average molecular weight is 276 g/mol. The summed E-state index contributed by atoms with van der Waals surface area (Å²) in [5, 5.41) is -0.595. The Hall–Kier alpha value is -0.460. The highest BCUT2D eigenvalue weighted by atomic mass is 32.2. The number of Topliss-reactive ketones (excluding diaryl/α,β-unsaturated/α-hetero) is 1. The van der Waals surface area contributed by atoms with Gasteiger partial charge >= 0.3 is 0 Å². The third-order valence-electron chi connectivity index (χ3n) is 4.18. The van der Waals surface area contributed by atoms with Crippen LogP contribution in [-0.4, -0.2) is 45.2 Å². The van der Waals surface area contributed by atoms with Gasteiger partial charge in [-0.1, -0.05) is 0 Å². The standard InChI is InChI=1S/C12H20O5S/c1-16-12(17-2)7-11(13)8-5-9-3-4-10(6-8)18(9,14)15/h8-10,12H,3-7H2,1-2H3. The van der Waals surface area contributed by atoms with Gasteiger partial charge in [0.15, 0.2) is 16.1 Å². The summed E-state index contributed by atoms with van der Waals surface area (Å²) < 4.78 is 33.9. The number of hydrogen-bond acceptors (Lipinski definition) is 5. The zero-order valence-electron chi connectivity index (χ0n) is 10.8. The second-order valence-corrected chi connectivity index (χ2v) is 7.66. The summed E-state index contributed by atoms with van der Waals surface area (Å²) in [5.74, 6) is -0.0747. The maximum atomic E-state index is 12.1. The van der Waals surface area contributed by atoms with Gasteiger partial charge < -0.3 is 9.47 Å². The first kappa shape index (κ1) is 14.0. The fourth-order valence-electron chi connectivity index (χ4n) is 3.06. The highest BCUT2D eigenvalue weighted by Crippen LogP contribution is 2.41. The summed E-state index contributed by atoms with van der Waals surface area (Å²) in [7, 11) is 0.0432. The Morgan fingerprint density at radius 3 is 2.11 bits per heavy atom. The molecule has 0 radical (unpaired) electrons. The zero-order chi connectivity index (χ0) is 13.3. The number of rotatable bonds is 5. The van der Waals surface area contributed by atoms with Gasteiger partial charge in [-0.15, -0.1) is 0 Å². The van der Waals surface area contributed by atoms with Gasteiger partial charge in [0.1, 0.15) is 5.78 Å². The molecule has 5 nitrogen and oxygen atoms in total. The Kier molecular flexibility index (Phi) is 4.08. The molecule has 0 spiro atoms. The molecule has 2 saturated heterocycles. The summed E-state index contributed by atoms with van der Waals surface area (Å²) in [6.45, 7) is 0. The van der Waals surface area contributed by atoms with Crippen molar-refractivity contribution in [2.24, 2.45) is 5.92 Å². The second-order valence-electron chi connectivity index (χ2n) is 5.15. The molecular weight excluding hydrogens is 256 g/mol. The molecule has 18 heavy (non-hydrogen) atoms. The van der Waals surface area contributed by atoms with Crippen molar-refractivity contribution in [2.75, 3.05) is 14.2 Å². The fourth-order valence-corrected chi connectivity index (χ4v) is 5.54. The Labute approximate surface area is 108 Å². The third kappa shape index (κ3) is 2.46. The van der Waals surface area contributed by atoms with Crippen LogP contribution in [0.15, 0.2) is 0 Å². The molecule has 2 rings (SSSR count). The molecule has 0 aliphatic carbocycles. The molecule has 104 valence electrons. The predicted octanol–water partition coefficient (Wildman–Crippen LogP) is 0.920. The second kappa shape index (κ2) is 5.27. The molecule has 2 atom stereocenters. The molecule has 2 bridgehead atoms. The van der Waals surface area contributed by atoms with Crippen LogP contribution in [0.3, 0.4) is 0 Å². The van der Waals surface area contributed by atoms with Gasteiger partial charge in [-0.2, -0.15) is 0 Å². The van der Waals surface area contributed by atoms with E-state index in [1.165, 1.54) is 14.2 Å². The Balaban J connectivity index is 1.99. The molecule has 0 aromatic heterocycles. The average Bonchev–Trinajstić information content (AvgIpc) is 2.57.